The van der Waals surface area contributed by atoms with Crippen molar-refractivity contribution >= 4 is 11.6 Å². The van der Waals surface area contributed by atoms with Crippen molar-refractivity contribution in [2.24, 2.45) is 5.92 Å². The topological polar surface area (TPSA) is 20.3 Å². The minimum Gasteiger partial charge on any atom is -0.312 e. The molecule has 0 radical (unpaired) electrons. The van der Waals surface area contributed by atoms with Gasteiger partial charge in [0.05, 0.1) is 0 Å². The average Bonchev–Trinajstić information content (AvgIpc) is 2.51. The number of rotatable bonds is 6. The monoisotopic (exact) mass is 287 g/mol. The molecule has 1 saturated carbocycles. The molecule has 0 bridgehead atoms. The molecule has 0 unspecified atom stereocenters. The number of aryl methyl sites for hydroxylation is 1. The van der Waals surface area contributed by atoms with E-state index < -0.39 is 0 Å². The first-order valence-electron chi connectivity index (χ1n) is 8.57. The van der Waals surface area contributed by atoms with E-state index in [1.165, 1.54) is 37.7 Å². The number of hydrogen-bond acceptors (Lipinski definition) is 1. The molecule has 1 fully saturated rings. The second-order valence-corrected chi connectivity index (χ2v) is 6.43. The molecule has 1 aromatic carbocycles. The maximum Gasteiger partial charge on any atom is 0.226 e. The summed E-state index contributed by atoms with van der Waals surface area (Å²) in [5, 5.41) is 0. The molecule has 2 rings (SSSR count). The fourth-order valence-electron chi connectivity index (χ4n) is 3.36. The van der Waals surface area contributed by atoms with Gasteiger partial charge in [-0.15, -0.1) is 0 Å². The highest BCUT2D eigenvalue weighted by atomic mass is 16.2. The van der Waals surface area contributed by atoms with E-state index >= 15 is 0 Å². The SMILES string of the molecule is CCCN(C(=O)CCC1CCCCC1)c1cccc(C)c1. The standard InChI is InChI=1S/C19H29NO/c1-3-14-20(18-11-7-8-16(2)15-18)19(21)13-12-17-9-5-4-6-10-17/h7-8,11,15,17H,3-6,9-10,12-14H2,1-2H3. The molecule has 0 saturated heterocycles. The molecule has 1 aromatic rings. The van der Waals surface area contributed by atoms with E-state index in [9.17, 15) is 4.79 Å². The van der Waals surface area contributed by atoms with Gasteiger partial charge in [-0.25, -0.2) is 0 Å². The summed E-state index contributed by atoms with van der Waals surface area (Å²) in [7, 11) is 0. The fraction of sp³-hybridized carbons (Fsp3) is 0.632. The second kappa shape index (κ2) is 8.21. The van der Waals surface area contributed by atoms with Gasteiger partial charge in [-0.3, -0.25) is 4.79 Å². The Morgan fingerprint density at radius 1 is 1.24 bits per heavy atom. The van der Waals surface area contributed by atoms with Crippen molar-refractivity contribution in [1.29, 1.82) is 0 Å². The first kappa shape index (κ1) is 16.1. The van der Waals surface area contributed by atoms with Crippen molar-refractivity contribution in [3.63, 3.8) is 0 Å². The molecule has 2 nitrogen and oxygen atoms in total. The molecule has 1 aliphatic rings. The molecule has 2 heteroatoms. The molecule has 0 aromatic heterocycles. The fourth-order valence-corrected chi connectivity index (χ4v) is 3.36. The number of anilines is 1. The van der Waals surface area contributed by atoms with E-state index in [1.807, 2.05) is 11.0 Å². The highest BCUT2D eigenvalue weighted by Crippen LogP contribution is 2.28. The van der Waals surface area contributed by atoms with E-state index in [4.69, 9.17) is 0 Å². The van der Waals surface area contributed by atoms with Crippen molar-refractivity contribution in [1.82, 2.24) is 0 Å². The summed E-state index contributed by atoms with van der Waals surface area (Å²) in [5.41, 5.74) is 2.28. The summed E-state index contributed by atoms with van der Waals surface area (Å²) in [6, 6.07) is 8.30. The van der Waals surface area contributed by atoms with E-state index in [1.54, 1.807) is 0 Å². The van der Waals surface area contributed by atoms with Crippen LogP contribution in [0.2, 0.25) is 0 Å². The molecule has 0 N–H and O–H groups in total. The van der Waals surface area contributed by atoms with Gasteiger partial charge >= 0.3 is 0 Å². The lowest BCUT2D eigenvalue weighted by Crippen LogP contribution is -2.32. The van der Waals surface area contributed by atoms with Crippen LogP contribution in [0.5, 0.6) is 0 Å². The van der Waals surface area contributed by atoms with Crippen LogP contribution in [0.1, 0.15) is 63.9 Å². The van der Waals surface area contributed by atoms with Gasteiger partial charge in [-0.1, -0.05) is 51.2 Å². The lowest BCUT2D eigenvalue weighted by molar-refractivity contribution is -0.119. The Kier molecular flexibility index (Phi) is 6.28. The normalized spacial score (nSPS) is 15.9. The Bertz CT molecular complexity index is 449. The van der Waals surface area contributed by atoms with Gasteiger partial charge in [0.2, 0.25) is 5.91 Å². The molecule has 116 valence electrons. The molecule has 0 aliphatic heterocycles. The maximum atomic E-state index is 12.6. The molecule has 0 spiro atoms. The summed E-state index contributed by atoms with van der Waals surface area (Å²) >= 11 is 0. The Labute approximate surface area is 129 Å². The van der Waals surface area contributed by atoms with Crippen molar-refractivity contribution in [2.45, 2.75) is 65.2 Å². The summed E-state index contributed by atoms with van der Waals surface area (Å²) in [4.78, 5) is 14.6. The third-order valence-electron chi connectivity index (χ3n) is 4.55. The van der Waals surface area contributed by atoms with E-state index in [2.05, 4.69) is 32.0 Å². The molecule has 0 atom stereocenters. The molecular formula is C19H29NO. The van der Waals surface area contributed by atoms with Crippen LogP contribution < -0.4 is 4.90 Å². The Morgan fingerprint density at radius 3 is 2.67 bits per heavy atom. The Hall–Kier alpha value is -1.31. The van der Waals surface area contributed by atoms with E-state index in [0.29, 0.717) is 12.3 Å². The van der Waals surface area contributed by atoms with Gasteiger partial charge in [0.15, 0.2) is 0 Å². The van der Waals surface area contributed by atoms with Gasteiger partial charge in [0, 0.05) is 18.7 Å². The summed E-state index contributed by atoms with van der Waals surface area (Å²) in [6.45, 7) is 5.05. The van der Waals surface area contributed by atoms with Gasteiger partial charge in [-0.2, -0.15) is 0 Å². The third kappa shape index (κ3) is 4.87. The quantitative estimate of drug-likeness (QED) is 0.713. The molecule has 0 heterocycles. The zero-order chi connectivity index (χ0) is 15.1. The number of carbonyl (C=O) groups excluding carboxylic acids is 1. The zero-order valence-corrected chi connectivity index (χ0v) is 13.6. The average molecular weight is 287 g/mol. The largest absolute Gasteiger partial charge is 0.312 e. The minimum atomic E-state index is 0.299. The number of carbonyl (C=O) groups is 1. The molecule has 21 heavy (non-hydrogen) atoms. The van der Waals surface area contributed by atoms with Gasteiger partial charge in [0.1, 0.15) is 0 Å². The number of benzene rings is 1. The van der Waals surface area contributed by atoms with Gasteiger partial charge < -0.3 is 4.90 Å². The maximum absolute atomic E-state index is 12.6. The highest BCUT2D eigenvalue weighted by Gasteiger charge is 2.19. The lowest BCUT2D eigenvalue weighted by atomic mass is 9.86. The van der Waals surface area contributed by atoms with E-state index in [0.717, 1.165) is 31.0 Å². The first-order valence-corrected chi connectivity index (χ1v) is 8.57. The minimum absolute atomic E-state index is 0.299. The van der Waals surface area contributed by atoms with Gasteiger partial charge in [0.25, 0.3) is 0 Å². The van der Waals surface area contributed by atoms with E-state index in [-0.39, 0.29) is 0 Å². The predicted molar refractivity (Wildman–Crippen MR) is 89.6 cm³/mol. The van der Waals surface area contributed by atoms with Crippen LogP contribution in [0.3, 0.4) is 0 Å². The predicted octanol–water partition coefficient (Wildman–Crippen LogP) is 5.10. The summed E-state index contributed by atoms with van der Waals surface area (Å²) in [5.74, 6) is 1.08. The van der Waals surface area contributed by atoms with Crippen LogP contribution in [0.25, 0.3) is 0 Å². The van der Waals surface area contributed by atoms with Crippen LogP contribution in [0.4, 0.5) is 5.69 Å². The lowest BCUT2D eigenvalue weighted by Gasteiger charge is -2.25. The van der Waals surface area contributed by atoms with Crippen LogP contribution >= 0.6 is 0 Å². The van der Waals surface area contributed by atoms with Crippen molar-refractivity contribution in [2.75, 3.05) is 11.4 Å². The van der Waals surface area contributed by atoms with Crippen LogP contribution in [-0.4, -0.2) is 12.5 Å². The zero-order valence-electron chi connectivity index (χ0n) is 13.6. The Balaban J connectivity index is 1.95. The van der Waals surface area contributed by atoms with Gasteiger partial charge in [-0.05, 0) is 43.4 Å². The van der Waals surface area contributed by atoms with Crippen LogP contribution in [-0.2, 0) is 4.79 Å². The van der Waals surface area contributed by atoms with Crippen molar-refractivity contribution < 1.29 is 4.79 Å². The van der Waals surface area contributed by atoms with Crippen LogP contribution in [0, 0.1) is 12.8 Å². The van der Waals surface area contributed by atoms with Crippen molar-refractivity contribution in [3.05, 3.63) is 29.8 Å². The molecule has 1 aliphatic carbocycles. The molecular weight excluding hydrogens is 258 g/mol. The highest BCUT2D eigenvalue weighted by molar-refractivity contribution is 5.93. The third-order valence-corrected chi connectivity index (χ3v) is 4.55. The smallest absolute Gasteiger partial charge is 0.226 e. The Morgan fingerprint density at radius 2 is 2.00 bits per heavy atom. The summed E-state index contributed by atoms with van der Waals surface area (Å²) in [6.07, 6.45) is 9.53. The second-order valence-electron chi connectivity index (χ2n) is 6.43. The summed E-state index contributed by atoms with van der Waals surface area (Å²) < 4.78 is 0. The number of nitrogens with zero attached hydrogens (tertiary/aromatic N) is 1. The van der Waals surface area contributed by atoms with Crippen molar-refractivity contribution in [3.8, 4) is 0 Å². The number of amides is 1. The first-order chi connectivity index (χ1) is 10.2. The van der Waals surface area contributed by atoms with Crippen LogP contribution in [0.15, 0.2) is 24.3 Å². The number of hydrogen-bond donors (Lipinski definition) is 0. The molecule has 1 amide bonds.